The summed E-state index contributed by atoms with van der Waals surface area (Å²) >= 11 is 0. The van der Waals surface area contributed by atoms with Crippen LogP contribution in [0.2, 0.25) is 0 Å². The number of hydrogen-bond donors (Lipinski definition) is 0. The minimum atomic E-state index is -3.77. The van der Waals surface area contributed by atoms with Crippen LogP contribution in [0.3, 0.4) is 0 Å². The Bertz CT molecular complexity index is 983. The molecule has 1 aliphatic heterocycles. The molecule has 0 unspecified atom stereocenters. The largest absolute Gasteiger partial charge is 0.243 e. The molecule has 1 aliphatic rings. The maximum Gasteiger partial charge on any atom is 0.243 e. The van der Waals surface area contributed by atoms with E-state index in [0.717, 1.165) is 10.8 Å². The average molecular weight is 382 g/mol. The summed E-state index contributed by atoms with van der Waals surface area (Å²) in [5, 5.41) is 1.83. The monoisotopic (exact) mass is 381 g/mol. The van der Waals surface area contributed by atoms with Gasteiger partial charge in [-0.2, -0.15) is 4.31 Å². The first-order valence-corrected chi connectivity index (χ1v) is 11.7. The zero-order valence-electron chi connectivity index (χ0n) is 14.4. The van der Waals surface area contributed by atoms with Crippen LogP contribution < -0.4 is 0 Å². The predicted octanol–water partition coefficient (Wildman–Crippen LogP) is 2.82. The van der Waals surface area contributed by atoms with Gasteiger partial charge in [0.05, 0.1) is 16.4 Å². The van der Waals surface area contributed by atoms with Crippen LogP contribution in [0, 0.1) is 0 Å². The smallest absolute Gasteiger partial charge is 0.229 e. The molecule has 1 saturated heterocycles. The number of rotatable bonds is 5. The minimum Gasteiger partial charge on any atom is -0.229 e. The Morgan fingerprint density at radius 1 is 1.16 bits per heavy atom. The van der Waals surface area contributed by atoms with E-state index in [4.69, 9.17) is 0 Å². The molecular formula is C18H23NO4S2. The summed E-state index contributed by atoms with van der Waals surface area (Å²) in [4.78, 5) is 0.218. The Morgan fingerprint density at radius 3 is 2.44 bits per heavy atom. The molecular weight excluding hydrogens is 358 g/mol. The fourth-order valence-electron chi connectivity index (χ4n) is 3.40. The van der Waals surface area contributed by atoms with Crippen LogP contribution in [0.25, 0.3) is 10.8 Å². The maximum atomic E-state index is 13.3. The molecule has 0 spiro atoms. The van der Waals surface area contributed by atoms with Crippen molar-refractivity contribution in [1.82, 2.24) is 4.31 Å². The van der Waals surface area contributed by atoms with Crippen LogP contribution in [0.1, 0.15) is 26.7 Å². The predicted molar refractivity (Wildman–Crippen MR) is 99.8 cm³/mol. The van der Waals surface area contributed by atoms with Crippen molar-refractivity contribution in [1.29, 1.82) is 0 Å². The van der Waals surface area contributed by atoms with Gasteiger partial charge in [0.25, 0.3) is 0 Å². The molecule has 0 aromatic heterocycles. The number of fused-ring (bicyclic) bond motifs is 1. The second kappa shape index (κ2) is 6.70. The third kappa shape index (κ3) is 3.59. The quantitative estimate of drug-likeness (QED) is 0.798. The van der Waals surface area contributed by atoms with E-state index >= 15 is 0 Å². The fourth-order valence-corrected chi connectivity index (χ4v) is 7.16. The fraction of sp³-hybridized carbons (Fsp3) is 0.444. The molecule has 0 bridgehead atoms. The van der Waals surface area contributed by atoms with E-state index in [1.165, 1.54) is 4.31 Å². The molecule has 0 saturated carbocycles. The van der Waals surface area contributed by atoms with Gasteiger partial charge in [0, 0.05) is 12.1 Å². The first kappa shape index (κ1) is 18.4. The van der Waals surface area contributed by atoms with Gasteiger partial charge < -0.3 is 0 Å². The summed E-state index contributed by atoms with van der Waals surface area (Å²) in [6.45, 7) is 3.75. The lowest BCUT2D eigenvalue weighted by Gasteiger charge is -2.32. The summed E-state index contributed by atoms with van der Waals surface area (Å²) in [5.74, 6) is -0.0397. The molecule has 1 heterocycles. The van der Waals surface area contributed by atoms with Crippen LogP contribution in [-0.4, -0.2) is 44.7 Å². The molecule has 7 heteroatoms. The molecule has 0 N–H and O–H groups in total. The van der Waals surface area contributed by atoms with Crippen molar-refractivity contribution in [3.63, 3.8) is 0 Å². The molecule has 3 rings (SSSR count). The van der Waals surface area contributed by atoms with Crippen LogP contribution in [0.4, 0.5) is 0 Å². The van der Waals surface area contributed by atoms with Crippen molar-refractivity contribution < 1.29 is 16.8 Å². The van der Waals surface area contributed by atoms with Crippen molar-refractivity contribution in [2.45, 2.75) is 43.7 Å². The highest BCUT2D eigenvalue weighted by Crippen LogP contribution is 2.29. The lowest BCUT2D eigenvalue weighted by Crippen LogP contribution is -2.46. The average Bonchev–Trinajstić information content (AvgIpc) is 2.93. The molecule has 2 atom stereocenters. The lowest BCUT2D eigenvalue weighted by atomic mass is 10.1. The maximum absolute atomic E-state index is 13.3. The van der Waals surface area contributed by atoms with Crippen molar-refractivity contribution in [3.05, 3.63) is 42.5 Å². The van der Waals surface area contributed by atoms with Crippen LogP contribution in [0.5, 0.6) is 0 Å². The Kier molecular flexibility index (Phi) is 4.92. The topological polar surface area (TPSA) is 71.5 Å². The van der Waals surface area contributed by atoms with Crippen molar-refractivity contribution in [2.24, 2.45) is 0 Å². The highest BCUT2D eigenvalue weighted by atomic mass is 32.2. The van der Waals surface area contributed by atoms with E-state index < -0.39 is 25.9 Å². The molecule has 0 amide bonds. The van der Waals surface area contributed by atoms with Gasteiger partial charge in [-0.05, 0) is 42.7 Å². The Balaban J connectivity index is 2.06. The van der Waals surface area contributed by atoms with Crippen LogP contribution in [-0.2, 0) is 19.9 Å². The second-order valence-electron chi connectivity index (χ2n) is 6.66. The number of hydrogen-bond acceptors (Lipinski definition) is 4. The number of nitrogens with zero attached hydrogens (tertiary/aromatic N) is 1. The van der Waals surface area contributed by atoms with Crippen molar-refractivity contribution in [2.75, 3.05) is 11.5 Å². The normalized spacial score (nSPS) is 21.6. The van der Waals surface area contributed by atoms with E-state index in [0.29, 0.717) is 12.8 Å². The van der Waals surface area contributed by atoms with Gasteiger partial charge in [0.15, 0.2) is 9.84 Å². The van der Waals surface area contributed by atoms with Crippen LogP contribution >= 0.6 is 0 Å². The summed E-state index contributed by atoms with van der Waals surface area (Å²) in [5.41, 5.74) is 0. The van der Waals surface area contributed by atoms with Gasteiger partial charge in [-0.15, -0.1) is 0 Å². The van der Waals surface area contributed by atoms with E-state index in [-0.39, 0.29) is 22.4 Å². The first-order chi connectivity index (χ1) is 11.7. The van der Waals surface area contributed by atoms with Gasteiger partial charge in [-0.3, -0.25) is 0 Å². The van der Waals surface area contributed by atoms with Crippen molar-refractivity contribution >= 4 is 30.6 Å². The highest BCUT2D eigenvalue weighted by molar-refractivity contribution is 7.92. The standard InChI is InChI=1S/C18H23NO4S2/c1-3-14(2)19(17-10-11-24(20,21)13-17)25(22,23)18-9-8-15-6-4-5-7-16(15)12-18/h4-9,12,14,17H,3,10-11,13H2,1-2H3/t14-,17-/m0/s1. The summed E-state index contributed by atoms with van der Waals surface area (Å²) in [6.07, 6.45) is 0.989. The summed E-state index contributed by atoms with van der Waals surface area (Å²) < 4.78 is 51.8. The van der Waals surface area contributed by atoms with Gasteiger partial charge in [0.2, 0.25) is 10.0 Å². The molecule has 2 aromatic rings. The minimum absolute atomic E-state index is 0.0534. The first-order valence-electron chi connectivity index (χ1n) is 8.47. The zero-order valence-corrected chi connectivity index (χ0v) is 16.1. The molecule has 5 nitrogen and oxygen atoms in total. The van der Waals surface area contributed by atoms with E-state index in [9.17, 15) is 16.8 Å². The molecule has 136 valence electrons. The molecule has 0 radical (unpaired) electrons. The summed E-state index contributed by atoms with van der Waals surface area (Å²) in [7, 11) is -6.93. The zero-order chi connectivity index (χ0) is 18.2. The Hall–Kier alpha value is -1.44. The SMILES string of the molecule is CC[C@H](C)N([C@H]1CCS(=O)(=O)C1)S(=O)(=O)c1ccc2ccccc2c1. The molecule has 1 fully saturated rings. The molecule has 2 aromatic carbocycles. The third-order valence-corrected chi connectivity index (χ3v) is 8.70. The number of sulfonamides is 1. The number of benzene rings is 2. The van der Waals surface area contributed by atoms with Gasteiger partial charge >= 0.3 is 0 Å². The molecule has 0 aliphatic carbocycles. The highest BCUT2D eigenvalue weighted by Gasteiger charge is 2.40. The Morgan fingerprint density at radius 2 is 1.84 bits per heavy atom. The van der Waals surface area contributed by atoms with Gasteiger partial charge in [-0.1, -0.05) is 37.3 Å². The second-order valence-corrected chi connectivity index (χ2v) is 10.7. The van der Waals surface area contributed by atoms with Crippen molar-refractivity contribution in [3.8, 4) is 0 Å². The van der Waals surface area contributed by atoms with E-state index in [2.05, 4.69) is 0 Å². The number of sulfone groups is 1. The summed E-state index contributed by atoms with van der Waals surface area (Å²) in [6, 6.07) is 11.9. The van der Waals surface area contributed by atoms with Gasteiger partial charge in [-0.25, -0.2) is 16.8 Å². The van der Waals surface area contributed by atoms with Gasteiger partial charge in [0.1, 0.15) is 0 Å². The van der Waals surface area contributed by atoms with Crippen LogP contribution in [0.15, 0.2) is 47.4 Å². The Labute approximate surface area is 149 Å². The van der Waals surface area contributed by atoms with E-state index in [1.807, 2.05) is 38.1 Å². The lowest BCUT2D eigenvalue weighted by molar-refractivity contribution is 0.271. The third-order valence-electron chi connectivity index (χ3n) is 4.89. The molecule has 25 heavy (non-hydrogen) atoms. The van der Waals surface area contributed by atoms with E-state index in [1.54, 1.807) is 18.2 Å².